The van der Waals surface area contributed by atoms with Crippen LogP contribution in [-0.2, 0) is 9.59 Å². The Balaban J connectivity index is 2.03. The Kier molecular flexibility index (Phi) is 10.7. The van der Waals surface area contributed by atoms with Crippen LogP contribution in [0.3, 0.4) is 0 Å². The Morgan fingerprint density at radius 1 is 1.12 bits per heavy atom. The van der Waals surface area contributed by atoms with Gasteiger partial charge in [0.1, 0.15) is 24.1 Å². The maximum atomic E-state index is 12.8. The highest BCUT2D eigenvalue weighted by Gasteiger charge is 2.25. The quantitative estimate of drug-likeness (QED) is 0.269. The van der Waals surface area contributed by atoms with Gasteiger partial charge in [-0.2, -0.15) is 5.10 Å². The lowest BCUT2D eigenvalue weighted by Gasteiger charge is -2.22. The molecular formula is C25H27Cl2N3O4. The molecule has 0 aromatic heterocycles. The normalized spacial score (nSPS) is 12.6. The first-order chi connectivity index (χ1) is 16.2. The van der Waals surface area contributed by atoms with Crippen molar-refractivity contribution in [3.8, 4) is 23.8 Å². The second kappa shape index (κ2) is 13.5. The van der Waals surface area contributed by atoms with Gasteiger partial charge in [0.05, 0.1) is 11.2 Å². The largest absolute Gasteiger partial charge is 0.480 e. The number of benzene rings is 2. The molecule has 0 radical (unpaired) electrons. The van der Waals surface area contributed by atoms with Gasteiger partial charge in [-0.3, -0.25) is 9.59 Å². The molecule has 180 valence electrons. The summed E-state index contributed by atoms with van der Waals surface area (Å²) in [6, 6.07) is 11.0. The molecule has 0 fully saturated rings. The van der Waals surface area contributed by atoms with Crippen LogP contribution in [0.1, 0.15) is 32.8 Å². The zero-order chi connectivity index (χ0) is 25.1. The fourth-order valence-corrected chi connectivity index (χ4v) is 3.34. The predicted octanol–water partition coefficient (Wildman–Crippen LogP) is 4.45. The van der Waals surface area contributed by atoms with Gasteiger partial charge in [0.15, 0.2) is 6.10 Å². The van der Waals surface area contributed by atoms with Crippen molar-refractivity contribution in [1.82, 2.24) is 10.7 Å². The van der Waals surface area contributed by atoms with Gasteiger partial charge in [-0.05, 0) is 49.6 Å². The standard InChI is InChI=1S/C25H27Cl2N3O4/c1-5-12-33-22-9-7-6-8-18(22)15-28-30-25(32)21(13-16(2)3)29-24(31)17(4)34-23-11-10-19(26)14-20(23)27/h1,6-11,14-17,21H,12-13H2,2-4H3,(H,29,31)(H,30,32)/b28-15-/t17-,21-/m0/s1. The minimum Gasteiger partial charge on any atom is -0.480 e. The van der Waals surface area contributed by atoms with Crippen molar-refractivity contribution >= 4 is 41.2 Å². The van der Waals surface area contributed by atoms with Crippen molar-refractivity contribution in [3.05, 3.63) is 58.1 Å². The van der Waals surface area contributed by atoms with Crippen LogP contribution in [0.25, 0.3) is 0 Å². The number of amides is 2. The number of ether oxygens (including phenoxy) is 2. The number of carbonyl (C=O) groups excluding carboxylic acids is 2. The Hall–Kier alpha value is -3.21. The third-order valence-electron chi connectivity index (χ3n) is 4.52. The average molecular weight is 504 g/mol. The van der Waals surface area contributed by atoms with Crippen LogP contribution in [0.2, 0.25) is 10.0 Å². The molecule has 0 aliphatic heterocycles. The highest BCUT2D eigenvalue weighted by Crippen LogP contribution is 2.28. The number of hydrazone groups is 1. The van der Waals surface area contributed by atoms with E-state index < -0.39 is 24.0 Å². The number of terminal acetylenes is 1. The van der Waals surface area contributed by atoms with Crippen molar-refractivity contribution in [1.29, 1.82) is 0 Å². The van der Waals surface area contributed by atoms with Crippen LogP contribution in [0.4, 0.5) is 0 Å². The Morgan fingerprint density at radius 3 is 2.53 bits per heavy atom. The molecule has 2 aromatic rings. The second-order valence-corrected chi connectivity index (χ2v) is 8.63. The summed E-state index contributed by atoms with van der Waals surface area (Å²) in [6.45, 7) is 5.57. The van der Waals surface area contributed by atoms with E-state index >= 15 is 0 Å². The van der Waals surface area contributed by atoms with Gasteiger partial charge < -0.3 is 14.8 Å². The highest BCUT2D eigenvalue weighted by atomic mass is 35.5. The van der Waals surface area contributed by atoms with E-state index in [-0.39, 0.29) is 17.5 Å². The third-order valence-corrected chi connectivity index (χ3v) is 5.05. The van der Waals surface area contributed by atoms with Gasteiger partial charge >= 0.3 is 0 Å². The van der Waals surface area contributed by atoms with E-state index in [0.29, 0.717) is 28.5 Å². The predicted molar refractivity (Wildman–Crippen MR) is 134 cm³/mol. The van der Waals surface area contributed by atoms with Crippen molar-refractivity contribution in [2.24, 2.45) is 11.0 Å². The minimum absolute atomic E-state index is 0.112. The maximum absolute atomic E-state index is 12.8. The highest BCUT2D eigenvalue weighted by molar-refractivity contribution is 6.35. The Morgan fingerprint density at radius 2 is 1.85 bits per heavy atom. The molecule has 7 nitrogen and oxygen atoms in total. The molecule has 0 aliphatic rings. The third kappa shape index (κ3) is 8.62. The molecule has 2 rings (SSSR count). The van der Waals surface area contributed by atoms with Crippen LogP contribution in [0.5, 0.6) is 11.5 Å². The lowest BCUT2D eigenvalue weighted by molar-refractivity contribution is -0.132. The number of halogens is 2. The summed E-state index contributed by atoms with van der Waals surface area (Å²) < 4.78 is 11.1. The molecule has 2 N–H and O–H groups in total. The van der Waals surface area contributed by atoms with Gasteiger partial charge in [0, 0.05) is 10.6 Å². The molecular weight excluding hydrogens is 477 g/mol. The molecule has 0 saturated carbocycles. The zero-order valence-electron chi connectivity index (χ0n) is 19.2. The van der Waals surface area contributed by atoms with Crippen LogP contribution in [0, 0.1) is 18.3 Å². The van der Waals surface area contributed by atoms with Crippen LogP contribution < -0.4 is 20.2 Å². The molecule has 2 amide bonds. The number of rotatable bonds is 11. The zero-order valence-corrected chi connectivity index (χ0v) is 20.7. The number of nitrogens with zero attached hydrogens (tertiary/aromatic N) is 1. The van der Waals surface area contributed by atoms with Gasteiger partial charge in [-0.25, -0.2) is 5.43 Å². The summed E-state index contributed by atoms with van der Waals surface area (Å²) in [5.74, 6) is 2.46. The molecule has 0 unspecified atom stereocenters. The number of para-hydroxylation sites is 1. The monoisotopic (exact) mass is 503 g/mol. The maximum Gasteiger partial charge on any atom is 0.262 e. The first kappa shape index (κ1) is 27.0. The van der Waals surface area contributed by atoms with Crippen molar-refractivity contribution in [3.63, 3.8) is 0 Å². The second-order valence-electron chi connectivity index (χ2n) is 7.79. The van der Waals surface area contributed by atoms with Crippen LogP contribution in [0.15, 0.2) is 47.6 Å². The van der Waals surface area contributed by atoms with E-state index in [9.17, 15) is 9.59 Å². The van der Waals surface area contributed by atoms with Crippen molar-refractivity contribution < 1.29 is 19.1 Å². The number of nitrogens with one attached hydrogen (secondary N) is 2. The minimum atomic E-state index is -0.898. The molecule has 0 aliphatic carbocycles. The lowest BCUT2D eigenvalue weighted by Crippen LogP contribution is -2.49. The fourth-order valence-electron chi connectivity index (χ4n) is 2.89. The van der Waals surface area contributed by atoms with E-state index in [1.807, 2.05) is 19.9 Å². The number of carbonyl (C=O) groups is 2. The first-order valence-corrected chi connectivity index (χ1v) is 11.4. The molecule has 0 bridgehead atoms. The van der Waals surface area contributed by atoms with E-state index in [2.05, 4.69) is 21.8 Å². The van der Waals surface area contributed by atoms with E-state index in [4.69, 9.17) is 39.1 Å². The number of hydrogen-bond acceptors (Lipinski definition) is 5. The topological polar surface area (TPSA) is 89.0 Å². The van der Waals surface area contributed by atoms with E-state index in [1.54, 1.807) is 37.3 Å². The summed E-state index contributed by atoms with van der Waals surface area (Å²) in [5, 5.41) is 7.47. The molecule has 0 spiro atoms. The van der Waals surface area contributed by atoms with Crippen molar-refractivity contribution in [2.75, 3.05) is 6.61 Å². The van der Waals surface area contributed by atoms with Crippen molar-refractivity contribution in [2.45, 2.75) is 39.3 Å². The van der Waals surface area contributed by atoms with Crippen LogP contribution in [-0.4, -0.2) is 36.8 Å². The van der Waals surface area contributed by atoms with Gasteiger partial charge in [-0.15, -0.1) is 6.42 Å². The lowest BCUT2D eigenvalue weighted by atomic mass is 10.0. The number of hydrogen-bond donors (Lipinski definition) is 2. The van der Waals surface area contributed by atoms with Crippen LogP contribution >= 0.6 is 23.2 Å². The summed E-state index contributed by atoms with van der Waals surface area (Å²) in [7, 11) is 0. The molecule has 34 heavy (non-hydrogen) atoms. The Labute approximate surface area is 209 Å². The summed E-state index contributed by atoms with van der Waals surface area (Å²) in [5.41, 5.74) is 3.12. The summed E-state index contributed by atoms with van der Waals surface area (Å²) in [4.78, 5) is 25.5. The molecule has 9 heteroatoms. The van der Waals surface area contributed by atoms with Gasteiger partial charge in [-0.1, -0.05) is 55.1 Å². The van der Waals surface area contributed by atoms with E-state index in [0.717, 1.165) is 0 Å². The Bertz CT molecular complexity index is 1070. The average Bonchev–Trinajstić information content (AvgIpc) is 2.79. The fraction of sp³-hybridized carbons (Fsp3) is 0.320. The van der Waals surface area contributed by atoms with Gasteiger partial charge in [0.25, 0.3) is 11.8 Å². The summed E-state index contributed by atoms with van der Waals surface area (Å²) >= 11 is 12.0. The molecule has 2 atom stereocenters. The molecule has 0 saturated heterocycles. The molecule has 2 aromatic carbocycles. The SMILES string of the molecule is C#CCOc1ccccc1/C=N\NC(=O)[C@H](CC(C)C)NC(=O)[C@H](C)Oc1ccc(Cl)cc1Cl. The first-order valence-electron chi connectivity index (χ1n) is 10.6. The van der Waals surface area contributed by atoms with Gasteiger partial charge in [0.2, 0.25) is 0 Å². The molecule has 0 heterocycles. The smallest absolute Gasteiger partial charge is 0.262 e. The summed E-state index contributed by atoms with van der Waals surface area (Å²) in [6.07, 6.45) is 6.19. The van der Waals surface area contributed by atoms with E-state index in [1.165, 1.54) is 12.3 Å².